The van der Waals surface area contributed by atoms with Crippen molar-refractivity contribution in [3.05, 3.63) is 28.6 Å². The summed E-state index contributed by atoms with van der Waals surface area (Å²) in [5.41, 5.74) is -3.09. The van der Waals surface area contributed by atoms with E-state index in [1.54, 1.807) is 0 Å². The number of halogens is 6. The van der Waals surface area contributed by atoms with Crippen LogP contribution in [0.4, 0.5) is 22.0 Å². The van der Waals surface area contributed by atoms with E-state index in [1.807, 2.05) is 0 Å². The Labute approximate surface area is 104 Å². The lowest BCUT2D eigenvalue weighted by molar-refractivity contribution is -0.138. The molecule has 8 heteroatoms. The highest BCUT2D eigenvalue weighted by Crippen LogP contribution is 2.35. The number of pyridine rings is 1. The molecule has 0 saturated carbocycles. The SMILES string of the molecule is N#CCc1c(C(F)(F)F)cc(C(F)F)nc1CCl. The Morgan fingerprint density at radius 1 is 1.39 bits per heavy atom. The highest BCUT2D eigenvalue weighted by Gasteiger charge is 2.36. The summed E-state index contributed by atoms with van der Waals surface area (Å²) in [6.45, 7) is 0. The van der Waals surface area contributed by atoms with E-state index < -0.39 is 41.7 Å². The van der Waals surface area contributed by atoms with Crippen LogP contribution in [-0.2, 0) is 18.5 Å². The number of hydrogen-bond donors (Lipinski definition) is 0. The second-order valence-electron chi connectivity index (χ2n) is 3.29. The molecule has 1 heterocycles. The highest BCUT2D eigenvalue weighted by atomic mass is 35.5. The van der Waals surface area contributed by atoms with E-state index in [4.69, 9.17) is 16.9 Å². The average Bonchev–Trinajstić information content (AvgIpc) is 2.27. The van der Waals surface area contributed by atoms with Gasteiger partial charge in [0.15, 0.2) is 0 Å². The van der Waals surface area contributed by atoms with E-state index in [0.717, 1.165) is 0 Å². The van der Waals surface area contributed by atoms with Crippen LogP contribution in [-0.4, -0.2) is 4.98 Å². The van der Waals surface area contributed by atoms with Gasteiger partial charge in [0.05, 0.1) is 29.6 Å². The standard InChI is InChI=1S/C10H6ClF5N2/c11-4-8-5(1-2-17)6(10(14,15)16)3-7(18-8)9(12)13/h3,9H,1,4H2. The van der Waals surface area contributed by atoms with Crippen molar-refractivity contribution in [1.82, 2.24) is 4.98 Å². The maximum atomic E-state index is 12.7. The number of aromatic nitrogens is 1. The molecule has 2 nitrogen and oxygen atoms in total. The second-order valence-corrected chi connectivity index (χ2v) is 3.55. The number of nitriles is 1. The molecule has 0 radical (unpaired) electrons. The molecule has 0 bridgehead atoms. The van der Waals surface area contributed by atoms with Gasteiger partial charge < -0.3 is 0 Å². The minimum Gasteiger partial charge on any atom is -0.250 e. The number of rotatable bonds is 3. The average molecular weight is 285 g/mol. The maximum Gasteiger partial charge on any atom is 0.416 e. The Morgan fingerprint density at radius 3 is 2.39 bits per heavy atom. The molecule has 98 valence electrons. The molecule has 0 saturated heterocycles. The van der Waals surface area contributed by atoms with Crippen LogP contribution in [0.2, 0.25) is 0 Å². The summed E-state index contributed by atoms with van der Waals surface area (Å²) in [5, 5.41) is 8.47. The summed E-state index contributed by atoms with van der Waals surface area (Å²) in [7, 11) is 0. The van der Waals surface area contributed by atoms with Gasteiger partial charge in [-0.3, -0.25) is 4.98 Å². The predicted molar refractivity (Wildman–Crippen MR) is 53.1 cm³/mol. The summed E-state index contributed by atoms with van der Waals surface area (Å²) >= 11 is 5.38. The summed E-state index contributed by atoms with van der Waals surface area (Å²) < 4.78 is 63.0. The third-order valence-electron chi connectivity index (χ3n) is 2.14. The molecule has 1 rings (SSSR count). The molecule has 18 heavy (non-hydrogen) atoms. The first-order valence-corrected chi connectivity index (χ1v) is 5.15. The van der Waals surface area contributed by atoms with Crippen molar-refractivity contribution in [2.75, 3.05) is 0 Å². The molecule has 0 aliphatic carbocycles. The molecule has 0 fully saturated rings. The Hall–Kier alpha value is -1.42. The van der Waals surface area contributed by atoms with Crippen LogP contribution in [0.1, 0.15) is 28.9 Å². The van der Waals surface area contributed by atoms with Gasteiger partial charge in [0.25, 0.3) is 6.43 Å². The molecule has 0 aromatic carbocycles. The van der Waals surface area contributed by atoms with Crippen molar-refractivity contribution in [2.45, 2.75) is 24.9 Å². The lowest BCUT2D eigenvalue weighted by Gasteiger charge is -2.15. The largest absolute Gasteiger partial charge is 0.416 e. The fourth-order valence-electron chi connectivity index (χ4n) is 1.40. The van der Waals surface area contributed by atoms with Crippen LogP contribution in [0, 0.1) is 11.3 Å². The Balaban J connectivity index is 3.53. The molecule has 0 aliphatic rings. The first-order valence-electron chi connectivity index (χ1n) is 4.62. The van der Waals surface area contributed by atoms with Gasteiger partial charge >= 0.3 is 6.18 Å². The van der Waals surface area contributed by atoms with E-state index in [9.17, 15) is 22.0 Å². The van der Waals surface area contributed by atoms with Crippen LogP contribution in [0.5, 0.6) is 0 Å². The van der Waals surface area contributed by atoms with Gasteiger partial charge in [0.1, 0.15) is 5.69 Å². The van der Waals surface area contributed by atoms with Crippen LogP contribution in [0.15, 0.2) is 6.07 Å². The summed E-state index contributed by atoms with van der Waals surface area (Å²) in [4.78, 5) is 3.35. The first-order chi connectivity index (χ1) is 8.31. The van der Waals surface area contributed by atoms with Gasteiger partial charge in [-0.25, -0.2) is 8.78 Å². The quantitative estimate of drug-likeness (QED) is 0.624. The number of nitrogens with zero attached hydrogens (tertiary/aromatic N) is 2. The van der Waals surface area contributed by atoms with Crippen molar-refractivity contribution in [3.8, 4) is 6.07 Å². The molecular formula is C10H6ClF5N2. The number of hydrogen-bond acceptors (Lipinski definition) is 2. The van der Waals surface area contributed by atoms with Gasteiger partial charge in [-0.2, -0.15) is 18.4 Å². The van der Waals surface area contributed by atoms with Crippen LogP contribution >= 0.6 is 11.6 Å². The lowest BCUT2D eigenvalue weighted by atomic mass is 10.0. The van der Waals surface area contributed by atoms with Gasteiger partial charge in [-0.1, -0.05) is 0 Å². The van der Waals surface area contributed by atoms with Crippen molar-refractivity contribution in [2.24, 2.45) is 0 Å². The van der Waals surface area contributed by atoms with E-state index in [0.29, 0.717) is 0 Å². The zero-order chi connectivity index (χ0) is 13.9. The molecule has 0 amide bonds. The van der Waals surface area contributed by atoms with Crippen LogP contribution in [0.25, 0.3) is 0 Å². The minimum atomic E-state index is -4.83. The fraction of sp³-hybridized carbons (Fsp3) is 0.400. The fourth-order valence-corrected chi connectivity index (χ4v) is 1.62. The Bertz CT molecular complexity index is 478. The first kappa shape index (κ1) is 14.6. The lowest BCUT2D eigenvalue weighted by Crippen LogP contribution is -2.14. The Morgan fingerprint density at radius 2 is 2.00 bits per heavy atom. The van der Waals surface area contributed by atoms with Crippen molar-refractivity contribution in [3.63, 3.8) is 0 Å². The summed E-state index contributed by atoms with van der Waals surface area (Å²) in [5.74, 6) is -0.472. The Kier molecular flexibility index (Phi) is 4.46. The topological polar surface area (TPSA) is 36.7 Å². The van der Waals surface area contributed by atoms with E-state index in [1.165, 1.54) is 6.07 Å². The molecule has 0 spiro atoms. The molecule has 1 aromatic heterocycles. The number of alkyl halides is 6. The summed E-state index contributed by atoms with van der Waals surface area (Å²) in [6, 6.07) is 1.79. The normalized spacial score (nSPS) is 11.7. The maximum absolute atomic E-state index is 12.7. The van der Waals surface area contributed by atoms with Gasteiger partial charge in [0, 0.05) is 5.56 Å². The predicted octanol–water partition coefficient (Wildman–Crippen LogP) is 3.84. The van der Waals surface area contributed by atoms with E-state index in [-0.39, 0.29) is 11.8 Å². The van der Waals surface area contributed by atoms with E-state index >= 15 is 0 Å². The van der Waals surface area contributed by atoms with Crippen molar-refractivity contribution < 1.29 is 22.0 Å². The molecule has 1 aromatic rings. The third kappa shape index (κ3) is 3.07. The zero-order valence-electron chi connectivity index (χ0n) is 8.73. The minimum absolute atomic E-state index is 0.257. The zero-order valence-corrected chi connectivity index (χ0v) is 9.49. The van der Waals surface area contributed by atoms with Crippen molar-refractivity contribution >= 4 is 11.6 Å². The van der Waals surface area contributed by atoms with Crippen molar-refractivity contribution in [1.29, 1.82) is 5.26 Å². The van der Waals surface area contributed by atoms with Crippen LogP contribution in [0.3, 0.4) is 0 Å². The van der Waals surface area contributed by atoms with Crippen LogP contribution < -0.4 is 0 Å². The molecular weight excluding hydrogens is 279 g/mol. The smallest absolute Gasteiger partial charge is 0.250 e. The monoisotopic (exact) mass is 284 g/mol. The molecule has 0 N–H and O–H groups in total. The molecule has 0 atom stereocenters. The molecule has 0 unspecified atom stereocenters. The van der Waals surface area contributed by atoms with Gasteiger partial charge in [0.2, 0.25) is 0 Å². The third-order valence-corrected chi connectivity index (χ3v) is 2.39. The summed E-state index contributed by atoms with van der Waals surface area (Å²) in [6.07, 6.45) is -8.56. The van der Waals surface area contributed by atoms with Gasteiger partial charge in [-0.05, 0) is 6.07 Å². The molecule has 0 aliphatic heterocycles. The van der Waals surface area contributed by atoms with Gasteiger partial charge in [-0.15, -0.1) is 11.6 Å². The second kappa shape index (κ2) is 5.48. The highest BCUT2D eigenvalue weighted by molar-refractivity contribution is 6.17. The van der Waals surface area contributed by atoms with E-state index in [2.05, 4.69) is 4.98 Å².